The van der Waals surface area contributed by atoms with E-state index in [1.807, 2.05) is 0 Å². The molecule has 0 bridgehead atoms. The van der Waals surface area contributed by atoms with Crippen molar-refractivity contribution < 1.29 is 0 Å². The molecular formula is C18H32N2. The Morgan fingerprint density at radius 1 is 0.500 bits per heavy atom. The van der Waals surface area contributed by atoms with Gasteiger partial charge >= 0.3 is 0 Å². The van der Waals surface area contributed by atoms with Crippen molar-refractivity contribution in [3.63, 3.8) is 0 Å². The van der Waals surface area contributed by atoms with Crippen LogP contribution in [0.25, 0.3) is 0 Å². The van der Waals surface area contributed by atoms with Crippen molar-refractivity contribution in [3.8, 4) is 0 Å². The molecule has 20 heavy (non-hydrogen) atoms. The molecule has 114 valence electrons. The molecule has 0 heterocycles. The largest absolute Gasteiger partial charge is 0.159 e. The van der Waals surface area contributed by atoms with Gasteiger partial charge in [0.1, 0.15) is 0 Å². The molecule has 0 amide bonds. The van der Waals surface area contributed by atoms with Crippen molar-refractivity contribution in [2.24, 2.45) is 31.9 Å². The van der Waals surface area contributed by atoms with E-state index in [4.69, 9.17) is 10.2 Å². The molecule has 2 aliphatic rings. The lowest BCUT2D eigenvalue weighted by Gasteiger charge is -2.27. The number of hydrogen-bond acceptors (Lipinski definition) is 2. The van der Waals surface area contributed by atoms with Crippen molar-refractivity contribution in [1.82, 2.24) is 0 Å². The Morgan fingerprint density at radius 3 is 0.900 bits per heavy atom. The molecule has 2 rings (SSSR count). The topological polar surface area (TPSA) is 24.7 Å². The van der Waals surface area contributed by atoms with E-state index in [0.717, 1.165) is 0 Å². The fourth-order valence-corrected chi connectivity index (χ4v) is 4.20. The molecule has 0 aromatic carbocycles. The molecule has 0 radical (unpaired) electrons. The predicted octanol–water partition coefficient (Wildman–Crippen LogP) is 5.48. The Hall–Kier alpha value is -0.660. The van der Waals surface area contributed by atoms with Crippen LogP contribution in [0.2, 0.25) is 0 Å². The summed E-state index contributed by atoms with van der Waals surface area (Å²) < 4.78 is 0. The van der Waals surface area contributed by atoms with E-state index in [1.54, 1.807) is 0 Å². The highest BCUT2D eigenvalue weighted by Gasteiger charge is 2.46. The smallest absolute Gasteiger partial charge is 0.0517 e. The highest BCUT2D eigenvalue weighted by molar-refractivity contribution is 5.99. The summed E-state index contributed by atoms with van der Waals surface area (Å²) >= 11 is 0. The van der Waals surface area contributed by atoms with Gasteiger partial charge in [-0.25, -0.2) is 0 Å². The first-order chi connectivity index (χ1) is 8.89. The summed E-state index contributed by atoms with van der Waals surface area (Å²) in [5.74, 6) is 0. The second kappa shape index (κ2) is 4.42. The van der Waals surface area contributed by atoms with Gasteiger partial charge in [-0.3, -0.25) is 0 Å². The van der Waals surface area contributed by atoms with E-state index in [-0.39, 0.29) is 21.7 Å². The zero-order chi connectivity index (χ0) is 15.4. The van der Waals surface area contributed by atoms with Gasteiger partial charge in [-0.05, 0) is 25.7 Å². The summed E-state index contributed by atoms with van der Waals surface area (Å²) in [6.45, 7) is 18.5. The van der Waals surface area contributed by atoms with Crippen LogP contribution in [0.4, 0.5) is 0 Å². The quantitative estimate of drug-likeness (QED) is 0.567. The Morgan fingerprint density at radius 2 is 0.700 bits per heavy atom. The molecule has 0 aromatic rings. The van der Waals surface area contributed by atoms with Crippen LogP contribution >= 0.6 is 0 Å². The van der Waals surface area contributed by atoms with Gasteiger partial charge < -0.3 is 0 Å². The van der Waals surface area contributed by atoms with Crippen LogP contribution in [0.15, 0.2) is 10.2 Å². The first kappa shape index (κ1) is 15.7. The van der Waals surface area contributed by atoms with E-state index in [1.165, 1.54) is 37.1 Å². The summed E-state index contributed by atoms with van der Waals surface area (Å²) in [5.41, 5.74) is 3.36. The van der Waals surface area contributed by atoms with E-state index in [2.05, 4.69) is 55.4 Å². The second-order valence-electron chi connectivity index (χ2n) is 9.43. The normalized spacial score (nSPS) is 29.6. The van der Waals surface area contributed by atoms with Gasteiger partial charge in [-0.1, -0.05) is 55.4 Å². The van der Waals surface area contributed by atoms with Crippen LogP contribution in [0.5, 0.6) is 0 Å². The van der Waals surface area contributed by atoms with Crippen LogP contribution in [-0.4, -0.2) is 11.4 Å². The van der Waals surface area contributed by atoms with Crippen molar-refractivity contribution in [2.45, 2.75) is 81.1 Å². The standard InChI is InChI=1S/C18H32N2/c1-15(2)9-10-16(3,4)13(15)19-20-14-17(5,6)11-12-18(14,7)8/h9-12H2,1-8H3. The van der Waals surface area contributed by atoms with Crippen LogP contribution < -0.4 is 0 Å². The van der Waals surface area contributed by atoms with E-state index in [9.17, 15) is 0 Å². The van der Waals surface area contributed by atoms with Crippen LogP contribution in [0, 0.1) is 21.7 Å². The third-order valence-corrected chi connectivity index (χ3v) is 5.56. The molecule has 0 atom stereocenters. The zero-order valence-corrected chi connectivity index (χ0v) is 14.7. The van der Waals surface area contributed by atoms with Crippen molar-refractivity contribution in [3.05, 3.63) is 0 Å². The number of rotatable bonds is 1. The van der Waals surface area contributed by atoms with E-state index in [0.29, 0.717) is 0 Å². The Bertz CT molecular complexity index is 382. The van der Waals surface area contributed by atoms with Crippen LogP contribution in [0.1, 0.15) is 81.1 Å². The molecule has 2 saturated carbocycles. The predicted molar refractivity (Wildman–Crippen MR) is 88.5 cm³/mol. The molecule has 0 saturated heterocycles. The molecule has 2 fully saturated rings. The van der Waals surface area contributed by atoms with Gasteiger partial charge in [0.25, 0.3) is 0 Å². The van der Waals surface area contributed by atoms with Crippen molar-refractivity contribution in [2.75, 3.05) is 0 Å². The monoisotopic (exact) mass is 276 g/mol. The Labute approximate surface area is 125 Å². The summed E-state index contributed by atoms with van der Waals surface area (Å²) in [6, 6.07) is 0. The average Bonchev–Trinajstić information content (AvgIpc) is 2.60. The van der Waals surface area contributed by atoms with Gasteiger partial charge in [0.05, 0.1) is 11.4 Å². The van der Waals surface area contributed by atoms with Gasteiger partial charge in [0.15, 0.2) is 0 Å². The van der Waals surface area contributed by atoms with Crippen molar-refractivity contribution in [1.29, 1.82) is 0 Å². The molecular weight excluding hydrogens is 244 g/mol. The van der Waals surface area contributed by atoms with E-state index >= 15 is 0 Å². The Kier molecular flexibility index (Phi) is 3.47. The minimum Gasteiger partial charge on any atom is -0.159 e. The molecule has 0 N–H and O–H groups in total. The zero-order valence-electron chi connectivity index (χ0n) is 14.7. The van der Waals surface area contributed by atoms with Crippen molar-refractivity contribution >= 4 is 11.4 Å². The summed E-state index contributed by atoms with van der Waals surface area (Å²) in [7, 11) is 0. The first-order valence-corrected chi connectivity index (χ1v) is 8.06. The molecule has 0 aliphatic heterocycles. The second-order valence-corrected chi connectivity index (χ2v) is 9.43. The van der Waals surface area contributed by atoms with E-state index < -0.39 is 0 Å². The van der Waals surface area contributed by atoms with Gasteiger partial charge in [0, 0.05) is 21.7 Å². The lowest BCUT2D eigenvalue weighted by atomic mass is 9.81. The maximum absolute atomic E-state index is 4.81. The summed E-state index contributed by atoms with van der Waals surface area (Å²) in [5, 5.41) is 9.61. The molecule has 2 nitrogen and oxygen atoms in total. The van der Waals surface area contributed by atoms with Gasteiger partial charge in [-0.15, -0.1) is 0 Å². The lowest BCUT2D eigenvalue weighted by Crippen LogP contribution is -2.30. The average molecular weight is 276 g/mol. The first-order valence-electron chi connectivity index (χ1n) is 8.06. The highest BCUT2D eigenvalue weighted by Crippen LogP contribution is 2.48. The fourth-order valence-electron chi connectivity index (χ4n) is 4.20. The SMILES string of the molecule is CC1(C)CCC(C)(C)C1=NN=C1C(C)(C)CCC1(C)C. The minimum atomic E-state index is 0.195. The fraction of sp³-hybridized carbons (Fsp3) is 0.889. The maximum Gasteiger partial charge on any atom is 0.0517 e. The number of nitrogens with zero attached hydrogens (tertiary/aromatic N) is 2. The lowest BCUT2D eigenvalue weighted by molar-refractivity contribution is 0.476. The highest BCUT2D eigenvalue weighted by atomic mass is 15.2. The maximum atomic E-state index is 4.81. The number of hydrogen-bond donors (Lipinski definition) is 0. The third kappa shape index (κ3) is 2.58. The van der Waals surface area contributed by atoms with Gasteiger partial charge in [0.2, 0.25) is 0 Å². The molecule has 0 aromatic heterocycles. The van der Waals surface area contributed by atoms with Gasteiger partial charge in [-0.2, -0.15) is 10.2 Å². The molecule has 0 unspecified atom stereocenters. The molecule has 0 spiro atoms. The Balaban J connectivity index is 2.42. The van der Waals surface area contributed by atoms with Crippen LogP contribution in [-0.2, 0) is 0 Å². The molecule has 2 aliphatic carbocycles. The van der Waals surface area contributed by atoms with Crippen LogP contribution in [0.3, 0.4) is 0 Å². The summed E-state index contributed by atoms with van der Waals surface area (Å²) in [4.78, 5) is 0. The minimum absolute atomic E-state index is 0.195. The molecule has 2 heteroatoms. The third-order valence-electron chi connectivity index (χ3n) is 5.56. The summed E-state index contributed by atoms with van der Waals surface area (Å²) in [6.07, 6.45) is 4.87.